The number of aromatic nitrogens is 1. The fourth-order valence-corrected chi connectivity index (χ4v) is 2.68. The summed E-state index contributed by atoms with van der Waals surface area (Å²) in [5.41, 5.74) is 9.78. The number of fused-ring (bicyclic) bond motifs is 1. The predicted octanol–water partition coefficient (Wildman–Crippen LogP) is 2.19. The van der Waals surface area contributed by atoms with Gasteiger partial charge in [-0.15, -0.1) is 0 Å². The highest BCUT2D eigenvalue weighted by Crippen LogP contribution is 2.31. The molecule has 1 aliphatic rings. The normalized spacial score (nSPS) is 13.9. The van der Waals surface area contributed by atoms with Crippen LogP contribution in [0.3, 0.4) is 0 Å². The number of rotatable bonds is 2. The molecule has 4 heteroatoms. The van der Waals surface area contributed by atoms with Crippen molar-refractivity contribution in [2.24, 2.45) is 0 Å². The molecule has 0 unspecified atom stereocenters. The van der Waals surface area contributed by atoms with Gasteiger partial charge < -0.3 is 10.6 Å². The van der Waals surface area contributed by atoms with Crippen LogP contribution in [-0.2, 0) is 17.6 Å². The van der Waals surface area contributed by atoms with Gasteiger partial charge in [0.2, 0.25) is 5.91 Å². The van der Waals surface area contributed by atoms with Crippen molar-refractivity contribution in [3.05, 3.63) is 53.9 Å². The maximum Gasteiger partial charge on any atom is 0.231 e. The van der Waals surface area contributed by atoms with Crippen molar-refractivity contribution < 1.29 is 4.79 Å². The standard InChI is InChI=1S/C16H17N3O/c17-14-6-1-7-15-13(14)5-3-9-19(15)16(20)10-12-4-2-8-18-11-12/h1-2,4,6-8,11H,3,5,9-10,17H2. The lowest BCUT2D eigenvalue weighted by atomic mass is 9.99. The van der Waals surface area contributed by atoms with Crippen molar-refractivity contribution in [2.45, 2.75) is 19.3 Å². The van der Waals surface area contributed by atoms with Gasteiger partial charge in [0.05, 0.1) is 6.42 Å². The number of carbonyl (C=O) groups is 1. The first-order chi connectivity index (χ1) is 9.75. The Morgan fingerprint density at radius 2 is 2.20 bits per heavy atom. The molecule has 1 aliphatic heterocycles. The van der Waals surface area contributed by atoms with Crippen molar-refractivity contribution in [3.8, 4) is 0 Å². The van der Waals surface area contributed by atoms with Crippen LogP contribution in [0.25, 0.3) is 0 Å². The van der Waals surface area contributed by atoms with E-state index in [1.807, 2.05) is 35.2 Å². The maximum atomic E-state index is 12.5. The third-order valence-electron chi connectivity index (χ3n) is 3.67. The number of hydrogen-bond acceptors (Lipinski definition) is 3. The van der Waals surface area contributed by atoms with Gasteiger partial charge in [0, 0.05) is 30.3 Å². The van der Waals surface area contributed by atoms with Gasteiger partial charge >= 0.3 is 0 Å². The first-order valence-electron chi connectivity index (χ1n) is 6.82. The summed E-state index contributed by atoms with van der Waals surface area (Å²) in [6.45, 7) is 0.759. The number of amides is 1. The lowest BCUT2D eigenvalue weighted by molar-refractivity contribution is -0.118. The molecule has 0 spiro atoms. The average molecular weight is 267 g/mol. The molecule has 20 heavy (non-hydrogen) atoms. The molecule has 2 heterocycles. The fraction of sp³-hybridized carbons (Fsp3) is 0.250. The number of pyridine rings is 1. The number of anilines is 2. The molecule has 1 aromatic carbocycles. The number of carbonyl (C=O) groups excluding carboxylic acids is 1. The van der Waals surface area contributed by atoms with E-state index in [1.165, 1.54) is 0 Å². The molecule has 1 aromatic heterocycles. The van der Waals surface area contributed by atoms with Crippen LogP contribution in [0.5, 0.6) is 0 Å². The minimum atomic E-state index is 0.101. The van der Waals surface area contributed by atoms with Crippen LogP contribution in [0.15, 0.2) is 42.7 Å². The Kier molecular flexibility index (Phi) is 3.37. The zero-order chi connectivity index (χ0) is 13.9. The van der Waals surface area contributed by atoms with E-state index in [0.29, 0.717) is 6.42 Å². The molecule has 0 saturated heterocycles. The second kappa shape index (κ2) is 5.33. The first kappa shape index (κ1) is 12.7. The molecule has 0 bridgehead atoms. The molecule has 102 valence electrons. The Balaban J connectivity index is 1.86. The van der Waals surface area contributed by atoms with Crippen LogP contribution >= 0.6 is 0 Å². The fourth-order valence-electron chi connectivity index (χ4n) is 2.68. The van der Waals surface area contributed by atoms with Gasteiger partial charge in [-0.2, -0.15) is 0 Å². The van der Waals surface area contributed by atoms with Crippen molar-refractivity contribution in [3.63, 3.8) is 0 Å². The molecule has 0 radical (unpaired) electrons. The van der Waals surface area contributed by atoms with Gasteiger partial charge in [-0.3, -0.25) is 9.78 Å². The number of benzene rings is 1. The zero-order valence-corrected chi connectivity index (χ0v) is 11.2. The van der Waals surface area contributed by atoms with Crippen molar-refractivity contribution >= 4 is 17.3 Å². The van der Waals surface area contributed by atoms with Gasteiger partial charge in [-0.1, -0.05) is 12.1 Å². The highest BCUT2D eigenvalue weighted by atomic mass is 16.2. The molecule has 0 atom stereocenters. The third-order valence-corrected chi connectivity index (χ3v) is 3.67. The van der Waals surface area contributed by atoms with Crippen molar-refractivity contribution in [1.29, 1.82) is 0 Å². The molecule has 0 fully saturated rings. The number of hydrogen-bond donors (Lipinski definition) is 1. The molecule has 0 saturated carbocycles. The van der Waals surface area contributed by atoms with E-state index in [0.717, 1.165) is 41.9 Å². The van der Waals surface area contributed by atoms with Gasteiger partial charge in [0.1, 0.15) is 0 Å². The maximum absolute atomic E-state index is 12.5. The lowest BCUT2D eigenvalue weighted by Gasteiger charge is -2.30. The summed E-state index contributed by atoms with van der Waals surface area (Å²) in [6, 6.07) is 9.56. The lowest BCUT2D eigenvalue weighted by Crippen LogP contribution is -2.36. The van der Waals surface area contributed by atoms with Crippen LogP contribution in [0, 0.1) is 0 Å². The zero-order valence-electron chi connectivity index (χ0n) is 11.2. The summed E-state index contributed by atoms with van der Waals surface area (Å²) < 4.78 is 0. The Bertz CT molecular complexity index is 625. The predicted molar refractivity (Wildman–Crippen MR) is 79.5 cm³/mol. The minimum absolute atomic E-state index is 0.101. The summed E-state index contributed by atoms with van der Waals surface area (Å²) >= 11 is 0. The summed E-state index contributed by atoms with van der Waals surface area (Å²) in [5.74, 6) is 0.101. The van der Waals surface area contributed by atoms with Gasteiger partial charge in [0.15, 0.2) is 0 Å². The van der Waals surface area contributed by atoms with Crippen LogP contribution in [-0.4, -0.2) is 17.4 Å². The monoisotopic (exact) mass is 267 g/mol. The molecule has 4 nitrogen and oxygen atoms in total. The SMILES string of the molecule is Nc1cccc2c1CCCN2C(=O)Cc1cccnc1. The Morgan fingerprint density at radius 1 is 1.30 bits per heavy atom. The Morgan fingerprint density at radius 3 is 3.00 bits per heavy atom. The van der Waals surface area contributed by atoms with Crippen LogP contribution in [0.1, 0.15) is 17.5 Å². The smallest absolute Gasteiger partial charge is 0.231 e. The second-order valence-electron chi connectivity index (χ2n) is 5.03. The van der Waals surface area contributed by atoms with Gasteiger partial charge in [-0.05, 0) is 42.2 Å². The van der Waals surface area contributed by atoms with Crippen molar-refractivity contribution in [1.82, 2.24) is 4.98 Å². The Labute approximate surface area is 118 Å². The van der Waals surface area contributed by atoms with Crippen molar-refractivity contribution in [2.75, 3.05) is 17.2 Å². The molecule has 1 amide bonds. The van der Waals surface area contributed by atoms with E-state index in [-0.39, 0.29) is 5.91 Å². The largest absolute Gasteiger partial charge is 0.398 e. The van der Waals surface area contributed by atoms with E-state index in [1.54, 1.807) is 12.4 Å². The highest BCUT2D eigenvalue weighted by molar-refractivity contribution is 5.96. The summed E-state index contributed by atoms with van der Waals surface area (Å²) in [7, 11) is 0. The average Bonchev–Trinajstić information content (AvgIpc) is 2.48. The number of nitrogens with zero attached hydrogens (tertiary/aromatic N) is 2. The van der Waals surface area contributed by atoms with Crippen LogP contribution in [0.4, 0.5) is 11.4 Å². The number of nitrogen functional groups attached to an aromatic ring is 1. The van der Waals surface area contributed by atoms with E-state index in [9.17, 15) is 4.79 Å². The third kappa shape index (κ3) is 2.37. The van der Waals surface area contributed by atoms with Crippen LogP contribution < -0.4 is 10.6 Å². The topological polar surface area (TPSA) is 59.2 Å². The van der Waals surface area contributed by atoms with Crippen LogP contribution in [0.2, 0.25) is 0 Å². The molecular formula is C16H17N3O. The summed E-state index contributed by atoms with van der Waals surface area (Å²) in [5, 5.41) is 0. The van der Waals surface area contributed by atoms with Gasteiger partial charge in [0.25, 0.3) is 0 Å². The molecule has 2 aromatic rings. The van der Waals surface area contributed by atoms with E-state index >= 15 is 0 Å². The van der Waals surface area contributed by atoms with E-state index in [2.05, 4.69) is 4.98 Å². The molecular weight excluding hydrogens is 250 g/mol. The quantitative estimate of drug-likeness (QED) is 0.848. The summed E-state index contributed by atoms with van der Waals surface area (Å²) in [6.07, 6.45) is 5.73. The molecule has 0 aliphatic carbocycles. The molecule has 3 rings (SSSR count). The Hall–Kier alpha value is -2.36. The summed E-state index contributed by atoms with van der Waals surface area (Å²) in [4.78, 5) is 18.4. The van der Waals surface area contributed by atoms with Gasteiger partial charge in [-0.25, -0.2) is 0 Å². The minimum Gasteiger partial charge on any atom is -0.398 e. The highest BCUT2D eigenvalue weighted by Gasteiger charge is 2.23. The second-order valence-corrected chi connectivity index (χ2v) is 5.03. The number of nitrogens with two attached hydrogens (primary N) is 1. The molecule has 2 N–H and O–H groups in total. The van der Waals surface area contributed by atoms with E-state index < -0.39 is 0 Å². The van der Waals surface area contributed by atoms with E-state index in [4.69, 9.17) is 5.73 Å². The first-order valence-corrected chi connectivity index (χ1v) is 6.82.